The summed E-state index contributed by atoms with van der Waals surface area (Å²) >= 11 is 6.07. The van der Waals surface area contributed by atoms with E-state index in [1.165, 1.54) is 0 Å². The van der Waals surface area contributed by atoms with Crippen molar-refractivity contribution in [3.63, 3.8) is 0 Å². The Labute approximate surface area is 125 Å². The average Bonchev–Trinajstić information content (AvgIpc) is 2.48. The summed E-state index contributed by atoms with van der Waals surface area (Å²) in [5.74, 6) is 0.153. The van der Waals surface area contributed by atoms with Gasteiger partial charge < -0.3 is 15.1 Å². The van der Waals surface area contributed by atoms with Crippen LogP contribution in [-0.4, -0.2) is 55.0 Å². The summed E-state index contributed by atoms with van der Waals surface area (Å²) in [6.07, 6.45) is 0. The van der Waals surface area contributed by atoms with E-state index in [0.717, 1.165) is 49.0 Å². The summed E-state index contributed by atoms with van der Waals surface area (Å²) in [6.45, 7) is 9.08. The molecule has 4 nitrogen and oxygen atoms in total. The Kier molecular flexibility index (Phi) is 5.26. The number of likely N-dealkylation sites (N-methyl/N-ethyl adjacent to an activating group) is 1. The molecule has 0 bridgehead atoms. The van der Waals surface area contributed by atoms with Crippen molar-refractivity contribution in [1.29, 1.82) is 0 Å². The van der Waals surface area contributed by atoms with Crippen LogP contribution in [-0.2, 0) is 4.79 Å². The minimum Gasteiger partial charge on any atom is -0.376 e. The quantitative estimate of drug-likeness (QED) is 0.925. The van der Waals surface area contributed by atoms with Crippen molar-refractivity contribution in [3.8, 4) is 0 Å². The molecule has 0 aromatic heterocycles. The Morgan fingerprint density at radius 1 is 1.30 bits per heavy atom. The number of hydrogen-bond acceptors (Lipinski definition) is 3. The first kappa shape index (κ1) is 15.1. The van der Waals surface area contributed by atoms with Gasteiger partial charge in [-0.1, -0.05) is 24.6 Å². The maximum Gasteiger partial charge on any atom is 0.241 e. The summed E-state index contributed by atoms with van der Waals surface area (Å²) < 4.78 is 0. The fourth-order valence-corrected chi connectivity index (χ4v) is 2.57. The number of halogens is 1. The molecule has 0 radical (unpaired) electrons. The Morgan fingerprint density at radius 2 is 2.00 bits per heavy atom. The molecule has 1 saturated heterocycles. The van der Waals surface area contributed by atoms with E-state index in [9.17, 15) is 4.79 Å². The number of nitrogens with zero attached hydrogens (tertiary/aromatic N) is 2. The fraction of sp³-hybridized carbons (Fsp3) is 0.533. The van der Waals surface area contributed by atoms with Crippen molar-refractivity contribution >= 4 is 23.2 Å². The molecule has 1 heterocycles. The van der Waals surface area contributed by atoms with Crippen LogP contribution in [0.5, 0.6) is 0 Å². The molecular weight excluding hydrogens is 274 g/mol. The van der Waals surface area contributed by atoms with Gasteiger partial charge in [-0.05, 0) is 31.2 Å². The highest BCUT2D eigenvalue weighted by Crippen LogP contribution is 2.22. The van der Waals surface area contributed by atoms with Gasteiger partial charge in [-0.3, -0.25) is 4.79 Å². The van der Waals surface area contributed by atoms with Crippen LogP contribution < -0.4 is 5.32 Å². The molecule has 1 aliphatic rings. The molecular formula is C15H22ClN3O. The van der Waals surface area contributed by atoms with Crippen LogP contribution in [0, 0.1) is 6.92 Å². The first-order valence-electron chi connectivity index (χ1n) is 7.11. The van der Waals surface area contributed by atoms with Crippen molar-refractivity contribution in [1.82, 2.24) is 9.80 Å². The summed E-state index contributed by atoms with van der Waals surface area (Å²) in [5, 5.41) is 3.91. The molecule has 1 aromatic rings. The fourth-order valence-electron chi connectivity index (χ4n) is 2.40. The number of hydrogen-bond donors (Lipinski definition) is 1. The molecule has 0 aliphatic carbocycles. The Hall–Kier alpha value is -1.26. The van der Waals surface area contributed by atoms with E-state index in [0.29, 0.717) is 6.54 Å². The van der Waals surface area contributed by atoms with Gasteiger partial charge in [0.2, 0.25) is 5.91 Å². The van der Waals surface area contributed by atoms with E-state index >= 15 is 0 Å². The van der Waals surface area contributed by atoms with Crippen LogP contribution in [0.3, 0.4) is 0 Å². The number of nitrogens with one attached hydrogen (secondary N) is 1. The summed E-state index contributed by atoms with van der Waals surface area (Å²) in [5.41, 5.74) is 1.91. The predicted molar refractivity (Wildman–Crippen MR) is 83.4 cm³/mol. The number of carbonyl (C=O) groups is 1. The van der Waals surface area contributed by atoms with Gasteiger partial charge in [-0.15, -0.1) is 0 Å². The molecule has 2 rings (SSSR count). The zero-order chi connectivity index (χ0) is 14.5. The van der Waals surface area contributed by atoms with Crippen LogP contribution in [0.1, 0.15) is 12.5 Å². The first-order chi connectivity index (χ1) is 9.61. The van der Waals surface area contributed by atoms with Gasteiger partial charge in [0.1, 0.15) is 0 Å². The third-order valence-corrected chi connectivity index (χ3v) is 4.28. The zero-order valence-corrected chi connectivity index (χ0v) is 12.9. The highest BCUT2D eigenvalue weighted by molar-refractivity contribution is 6.31. The van der Waals surface area contributed by atoms with E-state index < -0.39 is 0 Å². The number of amides is 1. The van der Waals surface area contributed by atoms with Crippen molar-refractivity contribution in [2.75, 3.05) is 44.6 Å². The largest absolute Gasteiger partial charge is 0.376 e. The van der Waals surface area contributed by atoms with Gasteiger partial charge in [0, 0.05) is 36.9 Å². The third kappa shape index (κ3) is 3.64. The van der Waals surface area contributed by atoms with Gasteiger partial charge in [0.05, 0.1) is 6.54 Å². The highest BCUT2D eigenvalue weighted by atomic mass is 35.5. The van der Waals surface area contributed by atoms with Crippen LogP contribution >= 0.6 is 11.6 Å². The van der Waals surface area contributed by atoms with Gasteiger partial charge in [0.25, 0.3) is 0 Å². The second-order valence-corrected chi connectivity index (χ2v) is 5.49. The summed E-state index contributed by atoms with van der Waals surface area (Å²) in [4.78, 5) is 16.5. The molecule has 1 aliphatic heterocycles. The van der Waals surface area contributed by atoms with Gasteiger partial charge in [0.15, 0.2) is 0 Å². The lowest BCUT2D eigenvalue weighted by Crippen LogP contribution is -2.49. The number of benzene rings is 1. The monoisotopic (exact) mass is 295 g/mol. The van der Waals surface area contributed by atoms with E-state index in [-0.39, 0.29) is 5.91 Å². The van der Waals surface area contributed by atoms with Crippen molar-refractivity contribution in [2.45, 2.75) is 13.8 Å². The number of carbonyl (C=O) groups excluding carboxylic acids is 1. The van der Waals surface area contributed by atoms with E-state index in [4.69, 9.17) is 11.6 Å². The molecule has 110 valence electrons. The lowest BCUT2D eigenvalue weighted by atomic mass is 10.2. The van der Waals surface area contributed by atoms with Gasteiger partial charge >= 0.3 is 0 Å². The molecule has 20 heavy (non-hydrogen) atoms. The molecule has 1 N–H and O–H groups in total. The standard InChI is InChI=1S/C15H22ClN3O/c1-3-18-7-9-19(10-8-18)15(20)11-17-14-6-4-5-13(16)12(14)2/h4-6,17H,3,7-11H2,1-2H3. The molecule has 1 aromatic carbocycles. The average molecular weight is 296 g/mol. The Bertz CT molecular complexity index is 470. The number of piperazine rings is 1. The third-order valence-electron chi connectivity index (χ3n) is 3.87. The van der Waals surface area contributed by atoms with E-state index in [1.54, 1.807) is 0 Å². The predicted octanol–water partition coefficient (Wildman–Crippen LogP) is 2.22. The van der Waals surface area contributed by atoms with Crippen LogP contribution in [0.15, 0.2) is 18.2 Å². The molecule has 0 atom stereocenters. The number of rotatable bonds is 4. The smallest absolute Gasteiger partial charge is 0.241 e. The summed E-state index contributed by atoms with van der Waals surface area (Å²) in [6, 6.07) is 5.69. The minimum absolute atomic E-state index is 0.153. The molecule has 0 unspecified atom stereocenters. The van der Waals surface area contributed by atoms with Crippen molar-refractivity contribution in [2.24, 2.45) is 0 Å². The minimum atomic E-state index is 0.153. The molecule has 0 saturated carbocycles. The second kappa shape index (κ2) is 6.95. The van der Waals surface area contributed by atoms with Crippen LogP contribution in [0.4, 0.5) is 5.69 Å². The van der Waals surface area contributed by atoms with Gasteiger partial charge in [-0.2, -0.15) is 0 Å². The van der Waals surface area contributed by atoms with Crippen LogP contribution in [0.25, 0.3) is 0 Å². The maximum atomic E-state index is 12.2. The molecule has 1 fully saturated rings. The number of anilines is 1. The van der Waals surface area contributed by atoms with Crippen molar-refractivity contribution in [3.05, 3.63) is 28.8 Å². The Morgan fingerprint density at radius 3 is 2.65 bits per heavy atom. The Balaban J connectivity index is 1.85. The normalized spacial score (nSPS) is 16.2. The highest BCUT2D eigenvalue weighted by Gasteiger charge is 2.19. The zero-order valence-electron chi connectivity index (χ0n) is 12.2. The second-order valence-electron chi connectivity index (χ2n) is 5.08. The van der Waals surface area contributed by atoms with Crippen LogP contribution in [0.2, 0.25) is 5.02 Å². The molecule has 0 spiro atoms. The molecule has 5 heteroatoms. The summed E-state index contributed by atoms with van der Waals surface area (Å²) in [7, 11) is 0. The molecule has 1 amide bonds. The first-order valence-corrected chi connectivity index (χ1v) is 7.48. The van der Waals surface area contributed by atoms with Crippen molar-refractivity contribution < 1.29 is 4.79 Å². The topological polar surface area (TPSA) is 35.6 Å². The SMILES string of the molecule is CCN1CCN(C(=O)CNc2cccc(Cl)c2C)CC1. The van der Waals surface area contributed by atoms with E-state index in [2.05, 4.69) is 17.1 Å². The van der Waals surface area contributed by atoms with Gasteiger partial charge in [-0.25, -0.2) is 0 Å². The lowest BCUT2D eigenvalue weighted by Gasteiger charge is -2.34. The van der Waals surface area contributed by atoms with E-state index in [1.807, 2.05) is 30.0 Å². The lowest BCUT2D eigenvalue weighted by molar-refractivity contribution is -0.131. The maximum absolute atomic E-state index is 12.2.